The molecule has 4 rings (SSSR count). The maximum absolute atomic E-state index is 13.4. The third-order valence-corrected chi connectivity index (χ3v) is 7.28. The Labute approximate surface area is 184 Å². The van der Waals surface area contributed by atoms with Gasteiger partial charge >= 0.3 is 6.03 Å². The van der Waals surface area contributed by atoms with Crippen LogP contribution in [-0.4, -0.2) is 85.9 Å². The Morgan fingerprint density at radius 1 is 1.07 bits per heavy atom. The highest BCUT2D eigenvalue weighted by Gasteiger charge is 2.34. The maximum Gasteiger partial charge on any atom is 0.320 e. The van der Waals surface area contributed by atoms with Crippen LogP contribution in [0.25, 0.3) is 0 Å². The van der Waals surface area contributed by atoms with Crippen molar-refractivity contribution in [3.05, 3.63) is 24.3 Å². The Kier molecular flexibility index (Phi) is 7.66. The lowest BCUT2D eigenvalue weighted by atomic mass is 10.0. The number of hydrogen-bond acceptors (Lipinski definition) is 5. The molecule has 166 valence electrons. The Bertz CT molecular complexity index is 681. The van der Waals surface area contributed by atoms with Gasteiger partial charge in [0.25, 0.3) is 0 Å². The van der Waals surface area contributed by atoms with Gasteiger partial charge in [-0.15, -0.1) is 0 Å². The first-order chi connectivity index (χ1) is 14.7. The average Bonchev–Trinajstić information content (AvgIpc) is 2.99. The van der Waals surface area contributed by atoms with E-state index in [2.05, 4.69) is 39.0 Å². The summed E-state index contributed by atoms with van der Waals surface area (Å²) in [5.74, 6) is 3.48. The molecular weight excluding hydrogens is 398 g/mol. The zero-order valence-electron chi connectivity index (χ0n) is 18.1. The minimum Gasteiger partial charge on any atom is -0.494 e. The van der Waals surface area contributed by atoms with Crippen molar-refractivity contribution in [1.82, 2.24) is 9.80 Å². The predicted octanol–water partition coefficient (Wildman–Crippen LogP) is 3.56. The van der Waals surface area contributed by atoms with E-state index in [4.69, 9.17) is 9.47 Å². The van der Waals surface area contributed by atoms with Crippen LogP contribution in [0.2, 0.25) is 0 Å². The summed E-state index contributed by atoms with van der Waals surface area (Å²) < 4.78 is 11.5. The van der Waals surface area contributed by atoms with Gasteiger partial charge in [0.2, 0.25) is 0 Å². The van der Waals surface area contributed by atoms with E-state index in [-0.39, 0.29) is 12.1 Å². The number of amides is 2. The Morgan fingerprint density at radius 3 is 2.63 bits per heavy atom. The number of ether oxygens (including phenoxy) is 2. The first kappa shape index (κ1) is 21.6. The van der Waals surface area contributed by atoms with Gasteiger partial charge in [0.15, 0.2) is 0 Å². The zero-order valence-corrected chi connectivity index (χ0v) is 18.9. The smallest absolute Gasteiger partial charge is 0.320 e. The molecule has 3 aliphatic rings. The molecule has 2 bridgehead atoms. The van der Waals surface area contributed by atoms with Crippen LogP contribution < -0.4 is 9.64 Å². The van der Waals surface area contributed by atoms with Crippen LogP contribution in [0.4, 0.5) is 10.5 Å². The summed E-state index contributed by atoms with van der Waals surface area (Å²) in [4.78, 5) is 20.1. The van der Waals surface area contributed by atoms with Gasteiger partial charge in [-0.25, -0.2) is 4.79 Å². The summed E-state index contributed by atoms with van der Waals surface area (Å²) in [6.07, 6.45) is 3.11. The van der Waals surface area contributed by atoms with E-state index in [1.165, 1.54) is 5.69 Å². The lowest BCUT2D eigenvalue weighted by molar-refractivity contribution is 0.117. The molecule has 3 heterocycles. The van der Waals surface area contributed by atoms with Gasteiger partial charge in [-0.3, -0.25) is 0 Å². The van der Waals surface area contributed by atoms with Crippen LogP contribution in [-0.2, 0) is 4.74 Å². The van der Waals surface area contributed by atoms with Crippen LogP contribution >= 0.6 is 11.8 Å². The molecule has 3 fully saturated rings. The summed E-state index contributed by atoms with van der Waals surface area (Å²) in [7, 11) is 0. The largest absolute Gasteiger partial charge is 0.494 e. The van der Waals surface area contributed by atoms with Crippen LogP contribution in [0, 0.1) is 5.92 Å². The number of benzene rings is 1. The van der Waals surface area contributed by atoms with Gasteiger partial charge < -0.3 is 24.2 Å². The molecule has 2 atom stereocenters. The molecule has 30 heavy (non-hydrogen) atoms. The lowest BCUT2D eigenvalue weighted by Gasteiger charge is -2.36. The molecule has 0 spiro atoms. The third kappa shape index (κ3) is 5.35. The average molecular weight is 434 g/mol. The number of carbonyl (C=O) groups is 1. The van der Waals surface area contributed by atoms with E-state index < -0.39 is 0 Å². The predicted molar refractivity (Wildman–Crippen MR) is 123 cm³/mol. The van der Waals surface area contributed by atoms with E-state index in [0.29, 0.717) is 12.5 Å². The Morgan fingerprint density at radius 2 is 1.87 bits per heavy atom. The van der Waals surface area contributed by atoms with E-state index >= 15 is 0 Å². The van der Waals surface area contributed by atoms with Crippen molar-refractivity contribution in [3.8, 4) is 5.75 Å². The van der Waals surface area contributed by atoms with E-state index in [0.717, 1.165) is 82.5 Å². The number of hydrogen-bond donors (Lipinski definition) is 0. The van der Waals surface area contributed by atoms with Crippen LogP contribution in [0.15, 0.2) is 24.3 Å². The monoisotopic (exact) mass is 433 g/mol. The van der Waals surface area contributed by atoms with Gasteiger partial charge in [0.1, 0.15) is 5.75 Å². The number of carbonyl (C=O) groups excluding carboxylic acids is 1. The molecular formula is C23H35N3O3S. The SMILES string of the molecule is CCOc1ccc(N2CC3CCCOCCC2CN(C(=O)N2CCSCC2)C3)cc1. The van der Waals surface area contributed by atoms with Crippen molar-refractivity contribution in [2.24, 2.45) is 5.92 Å². The molecule has 1 aromatic carbocycles. The van der Waals surface area contributed by atoms with E-state index in [1.807, 2.05) is 18.7 Å². The minimum atomic E-state index is 0.235. The van der Waals surface area contributed by atoms with Gasteiger partial charge in [-0.05, 0) is 56.4 Å². The van der Waals surface area contributed by atoms with Crippen LogP contribution in [0.1, 0.15) is 26.2 Å². The molecule has 2 unspecified atom stereocenters. The fourth-order valence-electron chi connectivity index (χ4n) is 4.78. The highest BCUT2D eigenvalue weighted by molar-refractivity contribution is 7.99. The standard InChI is InChI=1S/C23H35N3O3S/c1-2-29-22-7-5-20(6-8-22)26-17-19-4-3-12-28-13-9-21(26)18-25(16-19)23(27)24-10-14-30-15-11-24/h5-8,19,21H,2-4,9-18H2,1H3. The van der Waals surface area contributed by atoms with Crippen molar-refractivity contribution >= 4 is 23.5 Å². The second-order valence-corrected chi connectivity index (χ2v) is 9.65. The highest BCUT2D eigenvalue weighted by Crippen LogP contribution is 2.29. The second kappa shape index (κ2) is 10.6. The highest BCUT2D eigenvalue weighted by atomic mass is 32.2. The Hall–Kier alpha value is -1.60. The first-order valence-corrected chi connectivity index (χ1v) is 12.6. The number of nitrogens with zero attached hydrogens (tertiary/aromatic N) is 3. The number of rotatable bonds is 3. The van der Waals surface area contributed by atoms with Crippen molar-refractivity contribution in [2.75, 3.05) is 69.0 Å². The molecule has 0 aliphatic carbocycles. The summed E-state index contributed by atoms with van der Waals surface area (Å²) in [6, 6.07) is 8.97. The molecule has 0 aromatic heterocycles. The second-order valence-electron chi connectivity index (χ2n) is 8.43. The molecule has 0 saturated carbocycles. The van der Waals surface area contributed by atoms with Gasteiger partial charge in [-0.1, -0.05) is 0 Å². The van der Waals surface area contributed by atoms with Gasteiger partial charge in [-0.2, -0.15) is 11.8 Å². The molecule has 6 nitrogen and oxygen atoms in total. The number of fused-ring (bicyclic) bond motifs is 3. The zero-order chi connectivity index (χ0) is 20.8. The van der Waals surface area contributed by atoms with E-state index in [1.54, 1.807) is 0 Å². The summed E-state index contributed by atoms with van der Waals surface area (Å²) in [5.41, 5.74) is 1.22. The molecule has 3 saturated heterocycles. The topological polar surface area (TPSA) is 45.3 Å². The maximum atomic E-state index is 13.4. The molecule has 0 radical (unpaired) electrons. The van der Waals surface area contributed by atoms with Crippen molar-refractivity contribution in [2.45, 2.75) is 32.2 Å². The Balaban J connectivity index is 1.56. The molecule has 3 aliphatic heterocycles. The summed E-state index contributed by atoms with van der Waals surface area (Å²) in [5, 5.41) is 0. The lowest BCUT2D eigenvalue weighted by Crippen LogP contribution is -2.50. The van der Waals surface area contributed by atoms with Gasteiger partial charge in [0.05, 0.1) is 6.61 Å². The third-order valence-electron chi connectivity index (χ3n) is 6.33. The number of thioether (sulfide) groups is 1. The van der Waals surface area contributed by atoms with Crippen LogP contribution in [0.5, 0.6) is 5.75 Å². The van der Waals surface area contributed by atoms with Crippen molar-refractivity contribution in [3.63, 3.8) is 0 Å². The van der Waals surface area contributed by atoms with Crippen LogP contribution in [0.3, 0.4) is 0 Å². The molecule has 7 heteroatoms. The molecule has 2 amide bonds. The number of urea groups is 1. The molecule has 1 aromatic rings. The van der Waals surface area contributed by atoms with Crippen molar-refractivity contribution < 1.29 is 14.3 Å². The quantitative estimate of drug-likeness (QED) is 0.729. The normalized spacial score (nSPS) is 25.7. The summed E-state index contributed by atoms with van der Waals surface area (Å²) in [6.45, 7) is 8.66. The molecule has 0 N–H and O–H groups in total. The fourth-order valence-corrected chi connectivity index (χ4v) is 5.68. The van der Waals surface area contributed by atoms with Gasteiger partial charge in [0, 0.05) is 69.2 Å². The fraction of sp³-hybridized carbons (Fsp3) is 0.696. The number of anilines is 1. The summed E-state index contributed by atoms with van der Waals surface area (Å²) >= 11 is 1.95. The first-order valence-electron chi connectivity index (χ1n) is 11.4. The van der Waals surface area contributed by atoms with Crippen molar-refractivity contribution in [1.29, 1.82) is 0 Å². The minimum absolute atomic E-state index is 0.235. The van der Waals surface area contributed by atoms with E-state index in [9.17, 15) is 4.79 Å².